The third-order valence-electron chi connectivity index (χ3n) is 5.13. The van der Waals surface area contributed by atoms with Gasteiger partial charge in [-0.1, -0.05) is 0 Å². The SMILES string of the molecule is C[C@@H](COC[C@@H](O)C(=O)N1CCN(c2ncc(C(F)F)cn2)CC1)Oc1cn[nH]c(=O)c1C(F)(F)F. The molecule has 0 spiro atoms. The Morgan fingerprint density at radius 1 is 1.14 bits per heavy atom. The van der Waals surface area contributed by atoms with Gasteiger partial charge in [-0.15, -0.1) is 0 Å². The van der Waals surface area contributed by atoms with Crippen LogP contribution in [0.25, 0.3) is 0 Å². The van der Waals surface area contributed by atoms with Gasteiger partial charge in [0.25, 0.3) is 17.9 Å². The van der Waals surface area contributed by atoms with Gasteiger partial charge in [-0.25, -0.2) is 23.8 Å². The van der Waals surface area contributed by atoms with E-state index in [2.05, 4.69) is 15.1 Å². The van der Waals surface area contributed by atoms with Crippen molar-refractivity contribution in [2.75, 3.05) is 44.3 Å². The molecule has 1 aliphatic rings. The van der Waals surface area contributed by atoms with E-state index in [1.807, 2.05) is 0 Å². The number of nitrogens with zero attached hydrogens (tertiary/aromatic N) is 5. The number of rotatable bonds is 9. The number of hydrogen-bond acceptors (Lipinski definition) is 9. The standard InChI is InChI=1S/C20H23F5N6O5/c1-11(36-14-8-28-29-17(33)15(14)20(23,24)25)9-35-10-13(32)18(34)30-2-4-31(5-3-30)19-26-6-12(7-27-19)16(21)22/h6-8,11,13,16,32H,2-5,9-10H2,1H3,(H,29,33)/t11-,13+/m0/s1. The number of halogens is 5. The first-order valence-electron chi connectivity index (χ1n) is 10.7. The molecule has 1 fully saturated rings. The first kappa shape index (κ1) is 27.2. The van der Waals surface area contributed by atoms with Gasteiger partial charge in [-0.05, 0) is 6.92 Å². The maximum absolute atomic E-state index is 13.1. The minimum absolute atomic E-state index is 0.213. The molecule has 0 unspecified atom stereocenters. The van der Waals surface area contributed by atoms with Crippen molar-refractivity contribution in [3.8, 4) is 5.75 Å². The second kappa shape index (κ2) is 11.6. The smallest absolute Gasteiger partial charge is 0.425 e. The summed E-state index contributed by atoms with van der Waals surface area (Å²) in [7, 11) is 0. The van der Waals surface area contributed by atoms with Crippen molar-refractivity contribution in [2.45, 2.75) is 31.7 Å². The van der Waals surface area contributed by atoms with Crippen molar-refractivity contribution in [1.29, 1.82) is 0 Å². The van der Waals surface area contributed by atoms with E-state index in [1.54, 1.807) is 10.00 Å². The molecule has 0 bridgehead atoms. The zero-order valence-electron chi connectivity index (χ0n) is 18.9. The van der Waals surface area contributed by atoms with Gasteiger partial charge < -0.3 is 24.4 Å². The molecule has 3 heterocycles. The molecule has 3 rings (SSSR count). The highest BCUT2D eigenvalue weighted by atomic mass is 19.4. The molecule has 11 nitrogen and oxygen atoms in total. The number of nitrogens with one attached hydrogen (secondary N) is 1. The topological polar surface area (TPSA) is 134 Å². The Morgan fingerprint density at radius 2 is 1.78 bits per heavy atom. The Hall–Kier alpha value is -3.40. The Balaban J connectivity index is 1.44. The maximum atomic E-state index is 13.1. The Kier molecular flexibility index (Phi) is 8.73. The number of ether oxygens (including phenoxy) is 2. The largest absolute Gasteiger partial charge is 0.486 e. The van der Waals surface area contributed by atoms with Gasteiger partial charge >= 0.3 is 6.18 Å². The molecule has 16 heteroatoms. The second-order valence-electron chi connectivity index (χ2n) is 7.85. The van der Waals surface area contributed by atoms with Crippen LogP contribution < -0.4 is 15.2 Å². The van der Waals surface area contributed by atoms with Gasteiger partial charge in [0.05, 0.1) is 25.0 Å². The number of amides is 1. The number of aromatic amines is 1. The van der Waals surface area contributed by atoms with E-state index < -0.39 is 54.2 Å². The summed E-state index contributed by atoms with van der Waals surface area (Å²) in [5.41, 5.74) is -3.29. The number of anilines is 1. The lowest BCUT2D eigenvalue weighted by atomic mass is 10.2. The molecule has 1 amide bonds. The molecular formula is C20H23F5N6O5. The first-order chi connectivity index (χ1) is 17.0. The Bertz CT molecular complexity index is 1080. The Labute approximate surface area is 200 Å². The number of aromatic nitrogens is 4. The van der Waals surface area contributed by atoms with Crippen LogP contribution in [0.2, 0.25) is 0 Å². The normalized spacial score (nSPS) is 16.2. The number of carbonyl (C=O) groups excluding carboxylic acids is 1. The van der Waals surface area contributed by atoms with Gasteiger partial charge in [0.15, 0.2) is 17.4 Å². The van der Waals surface area contributed by atoms with Crippen LogP contribution in [0.3, 0.4) is 0 Å². The molecule has 1 saturated heterocycles. The average molecular weight is 522 g/mol. The molecule has 198 valence electrons. The van der Waals surface area contributed by atoms with E-state index in [1.165, 1.54) is 11.8 Å². The number of aliphatic hydroxyl groups excluding tert-OH is 1. The van der Waals surface area contributed by atoms with E-state index in [4.69, 9.17) is 9.47 Å². The fourth-order valence-electron chi connectivity index (χ4n) is 3.35. The van der Waals surface area contributed by atoms with Gasteiger partial charge in [0.2, 0.25) is 5.95 Å². The van der Waals surface area contributed by atoms with Gasteiger partial charge in [-0.2, -0.15) is 18.3 Å². The van der Waals surface area contributed by atoms with E-state index in [0.717, 1.165) is 18.6 Å². The second-order valence-corrected chi connectivity index (χ2v) is 7.85. The van der Waals surface area contributed by atoms with E-state index in [9.17, 15) is 36.6 Å². The lowest BCUT2D eigenvalue weighted by Crippen LogP contribution is -2.52. The molecule has 0 aliphatic carbocycles. The highest BCUT2D eigenvalue weighted by Crippen LogP contribution is 2.33. The van der Waals surface area contributed by atoms with E-state index in [0.29, 0.717) is 13.1 Å². The van der Waals surface area contributed by atoms with Crippen LogP contribution >= 0.6 is 0 Å². The first-order valence-corrected chi connectivity index (χ1v) is 10.7. The molecule has 0 aromatic carbocycles. The molecule has 2 aromatic rings. The molecule has 2 aromatic heterocycles. The fourth-order valence-corrected chi connectivity index (χ4v) is 3.35. The summed E-state index contributed by atoms with van der Waals surface area (Å²) in [6.45, 7) is 1.70. The minimum Gasteiger partial charge on any atom is -0.486 e. The molecule has 0 radical (unpaired) electrons. The highest BCUT2D eigenvalue weighted by Gasteiger charge is 2.38. The number of carbonyl (C=O) groups is 1. The summed E-state index contributed by atoms with van der Waals surface area (Å²) in [5, 5.41) is 15.1. The number of H-pyrrole nitrogens is 1. The molecule has 36 heavy (non-hydrogen) atoms. The number of hydrogen-bond donors (Lipinski definition) is 2. The van der Waals surface area contributed by atoms with E-state index >= 15 is 0 Å². The van der Waals surface area contributed by atoms with Crippen molar-refractivity contribution >= 4 is 11.9 Å². The molecule has 2 atom stereocenters. The summed E-state index contributed by atoms with van der Waals surface area (Å²) in [6, 6.07) is 0. The summed E-state index contributed by atoms with van der Waals surface area (Å²) in [6.07, 6.45) is -7.34. The minimum atomic E-state index is -4.96. The molecule has 1 aliphatic heterocycles. The number of aliphatic hydroxyl groups is 1. The van der Waals surface area contributed by atoms with Crippen LogP contribution in [-0.2, 0) is 15.7 Å². The third-order valence-corrected chi connectivity index (χ3v) is 5.13. The summed E-state index contributed by atoms with van der Waals surface area (Å²) in [5.74, 6) is -1.14. The van der Waals surface area contributed by atoms with Crippen molar-refractivity contribution in [3.63, 3.8) is 0 Å². The van der Waals surface area contributed by atoms with Crippen LogP contribution in [-0.4, -0.2) is 87.7 Å². The average Bonchev–Trinajstić information content (AvgIpc) is 2.83. The monoisotopic (exact) mass is 522 g/mol. The van der Waals surface area contributed by atoms with Crippen LogP contribution in [0.4, 0.5) is 27.9 Å². The molecule has 0 saturated carbocycles. The number of alkyl halides is 5. The van der Waals surface area contributed by atoms with Crippen LogP contribution in [0, 0.1) is 0 Å². The van der Waals surface area contributed by atoms with Crippen LogP contribution in [0.15, 0.2) is 23.4 Å². The molecular weight excluding hydrogens is 499 g/mol. The fraction of sp³-hybridized carbons (Fsp3) is 0.550. The van der Waals surface area contributed by atoms with Crippen LogP contribution in [0.1, 0.15) is 24.5 Å². The summed E-state index contributed by atoms with van der Waals surface area (Å²) < 4.78 is 74.8. The van der Waals surface area contributed by atoms with Crippen molar-refractivity contribution in [2.24, 2.45) is 0 Å². The lowest BCUT2D eigenvalue weighted by Gasteiger charge is -2.35. The highest BCUT2D eigenvalue weighted by molar-refractivity contribution is 5.81. The number of piperazine rings is 1. The van der Waals surface area contributed by atoms with Gasteiger partial charge in [0, 0.05) is 38.6 Å². The zero-order chi connectivity index (χ0) is 26.5. The van der Waals surface area contributed by atoms with Gasteiger partial charge in [-0.3, -0.25) is 9.59 Å². The lowest BCUT2D eigenvalue weighted by molar-refractivity contribution is -0.145. The molecule has 2 N–H and O–H groups in total. The van der Waals surface area contributed by atoms with E-state index in [-0.39, 0.29) is 31.2 Å². The van der Waals surface area contributed by atoms with Crippen molar-refractivity contribution in [1.82, 2.24) is 25.1 Å². The van der Waals surface area contributed by atoms with Crippen molar-refractivity contribution < 1.29 is 41.3 Å². The summed E-state index contributed by atoms with van der Waals surface area (Å²) >= 11 is 0. The Morgan fingerprint density at radius 3 is 2.36 bits per heavy atom. The predicted molar refractivity (Wildman–Crippen MR) is 113 cm³/mol. The summed E-state index contributed by atoms with van der Waals surface area (Å²) in [4.78, 5) is 34.9. The zero-order valence-corrected chi connectivity index (χ0v) is 18.9. The third kappa shape index (κ3) is 6.84. The van der Waals surface area contributed by atoms with Crippen LogP contribution in [0.5, 0.6) is 5.75 Å². The quantitative estimate of drug-likeness (QED) is 0.463. The van der Waals surface area contributed by atoms with Crippen molar-refractivity contribution in [3.05, 3.63) is 40.1 Å². The maximum Gasteiger partial charge on any atom is 0.425 e. The van der Waals surface area contributed by atoms with Gasteiger partial charge in [0.1, 0.15) is 6.10 Å². The predicted octanol–water partition coefficient (Wildman–Crippen LogP) is 1.01.